The lowest BCUT2D eigenvalue weighted by Gasteiger charge is -2.17. The maximum absolute atomic E-state index is 12.3. The van der Waals surface area contributed by atoms with Gasteiger partial charge in [0.15, 0.2) is 0 Å². The van der Waals surface area contributed by atoms with Crippen LogP contribution in [0.4, 0.5) is 5.69 Å². The molecule has 1 N–H and O–H groups in total. The number of anilines is 1. The van der Waals surface area contributed by atoms with E-state index in [9.17, 15) is 13.2 Å². The number of carbonyl (C=O) groups excluding carboxylic acids is 1. The zero-order chi connectivity index (χ0) is 19.2. The van der Waals surface area contributed by atoms with E-state index in [2.05, 4.69) is 5.32 Å². The highest BCUT2D eigenvalue weighted by Crippen LogP contribution is 2.17. The quantitative estimate of drug-likeness (QED) is 0.718. The van der Waals surface area contributed by atoms with Gasteiger partial charge in [0.05, 0.1) is 19.1 Å². The molecule has 0 bridgehead atoms. The lowest BCUT2D eigenvalue weighted by molar-refractivity contribution is 0.0953. The number of nitrogens with zero attached hydrogens (tertiary/aromatic N) is 1. The van der Waals surface area contributed by atoms with Crippen molar-refractivity contribution in [2.24, 2.45) is 0 Å². The second-order valence-corrected chi connectivity index (χ2v) is 8.01. The normalized spacial score (nSPS) is 11.0. The van der Waals surface area contributed by atoms with E-state index in [0.717, 1.165) is 34.7 Å². The molecule has 0 heterocycles. The van der Waals surface area contributed by atoms with Crippen molar-refractivity contribution in [2.75, 3.05) is 31.3 Å². The Labute approximate surface area is 154 Å². The second-order valence-electron chi connectivity index (χ2n) is 5.99. The Morgan fingerprint density at radius 1 is 1.15 bits per heavy atom. The van der Waals surface area contributed by atoms with Crippen LogP contribution in [0.2, 0.25) is 0 Å². The number of benzene rings is 2. The minimum atomic E-state index is -3.36. The molecule has 0 saturated carbocycles. The van der Waals surface area contributed by atoms with Crippen molar-refractivity contribution < 1.29 is 17.9 Å². The van der Waals surface area contributed by atoms with Gasteiger partial charge in [-0.05, 0) is 48.7 Å². The summed E-state index contributed by atoms with van der Waals surface area (Å²) in [5, 5.41) is 2.86. The molecule has 2 rings (SSSR count). The van der Waals surface area contributed by atoms with Crippen molar-refractivity contribution in [3.8, 4) is 5.75 Å². The number of nitrogens with one attached hydrogen (secondary N) is 1. The highest BCUT2D eigenvalue weighted by Gasteiger charge is 2.14. The standard InChI is InChI=1S/C19H24N2O4S/c1-21(26(3,23)24)17-10-5-9-16(14-17)19(22)20-12-6-8-15-7-4-11-18(13-15)25-2/h4-5,7,9-11,13-14H,6,8,12H2,1-3H3,(H,20,22). The molecule has 0 aliphatic rings. The van der Waals surface area contributed by atoms with Gasteiger partial charge in [0, 0.05) is 19.2 Å². The Hall–Kier alpha value is -2.54. The first-order valence-electron chi connectivity index (χ1n) is 8.26. The molecular formula is C19H24N2O4S. The summed E-state index contributed by atoms with van der Waals surface area (Å²) in [5.41, 5.74) is 2.03. The number of ether oxygens (including phenoxy) is 1. The predicted molar refractivity (Wildman–Crippen MR) is 103 cm³/mol. The number of sulfonamides is 1. The van der Waals surface area contributed by atoms with E-state index in [-0.39, 0.29) is 5.91 Å². The third-order valence-corrected chi connectivity index (χ3v) is 5.24. The molecule has 0 saturated heterocycles. The van der Waals surface area contributed by atoms with E-state index in [4.69, 9.17) is 4.74 Å². The highest BCUT2D eigenvalue weighted by atomic mass is 32.2. The van der Waals surface area contributed by atoms with Crippen LogP contribution in [0.15, 0.2) is 48.5 Å². The number of amides is 1. The molecule has 6 nitrogen and oxygen atoms in total. The van der Waals surface area contributed by atoms with Crippen molar-refractivity contribution in [1.82, 2.24) is 5.32 Å². The molecule has 7 heteroatoms. The highest BCUT2D eigenvalue weighted by molar-refractivity contribution is 7.92. The number of hydrogen-bond donors (Lipinski definition) is 1. The van der Waals surface area contributed by atoms with Crippen molar-refractivity contribution in [3.05, 3.63) is 59.7 Å². The fourth-order valence-electron chi connectivity index (χ4n) is 2.46. The zero-order valence-electron chi connectivity index (χ0n) is 15.2. The van der Waals surface area contributed by atoms with Crippen LogP contribution >= 0.6 is 0 Å². The Balaban J connectivity index is 1.90. The summed E-state index contributed by atoms with van der Waals surface area (Å²) in [6, 6.07) is 14.4. The largest absolute Gasteiger partial charge is 0.497 e. The second kappa shape index (κ2) is 8.71. The average molecular weight is 376 g/mol. The van der Waals surface area contributed by atoms with E-state index in [1.165, 1.54) is 7.05 Å². The molecule has 0 fully saturated rings. The van der Waals surface area contributed by atoms with Gasteiger partial charge in [-0.25, -0.2) is 8.42 Å². The molecule has 2 aromatic rings. The van der Waals surface area contributed by atoms with E-state index in [0.29, 0.717) is 17.8 Å². The first kappa shape index (κ1) is 19.8. The van der Waals surface area contributed by atoms with Gasteiger partial charge in [0.1, 0.15) is 5.75 Å². The summed E-state index contributed by atoms with van der Waals surface area (Å²) in [7, 11) is -0.272. The van der Waals surface area contributed by atoms with Crippen LogP contribution in [-0.4, -0.2) is 41.3 Å². The molecule has 0 atom stereocenters. The third-order valence-electron chi connectivity index (χ3n) is 4.03. The van der Waals surface area contributed by atoms with Crippen LogP contribution in [0, 0.1) is 0 Å². The van der Waals surface area contributed by atoms with E-state index < -0.39 is 10.0 Å². The summed E-state index contributed by atoms with van der Waals surface area (Å²) < 4.78 is 29.6. The van der Waals surface area contributed by atoms with Gasteiger partial charge in [0.2, 0.25) is 10.0 Å². The SMILES string of the molecule is COc1cccc(CCCNC(=O)c2cccc(N(C)S(C)(=O)=O)c2)c1. The Morgan fingerprint density at radius 3 is 2.58 bits per heavy atom. The van der Waals surface area contributed by atoms with Crippen molar-refractivity contribution in [2.45, 2.75) is 12.8 Å². The molecule has 0 radical (unpaired) electrons. The maximum atomic E-state index is 12.3. The molecule has 1 amide bonds. The molecular weight excluding hydrogens is 352 g/mol. The summed E-state index contributed by atoms with van der Waals surface area (Å²) in [5.74, 6) is 0.595. The molecule has 140 valence electrons. The van der Waals surface area contributed by atoms with Gasteiger partial charge in [-0.15, -0.1) is 0 Å². The first-order valence-corrected chi connectivity index (χ1v) is 10.1. The topological polar surface area (TPSA) is 75.7 Å². The molecule has 0 spiro atoms. The summed E-state index contributed by atoms with van der Waals surface area (Å²) in [6.07, 6.45) is 2.74. The van der Waals surface area contributed by atoms with Gasteiger partial charge in [-0.3, -0.25) is 9.10 Å². The fourth-order valence-corrected chi connectivity index (χ4v) is 2.96. The van der Waals surface area contributed by atoms with Crippen LogP contribution in [0.5, 0.6) is 5.75 Å². The minimum absolute atomic E-state index is 0.223. The summed E-state index contributed by atoms with van der Waals surface area (Å²) in [4.78, 5) is 12.3. The maximum Gasteiger partial charge on any atom is 0.251 e. The van der Waals surface area contributed by atoms with Crippen LogP contribution < -0.4 is 14.4 Å². The number of aryl methyl sites for hydroxylation is 1. The zero-order valence-corrected chi connectivity index (χ0v) is 16.0. The monoisotopic (exact) mass is 376 g/mol. The summed E-state index contributed by atoms with van der Waals surface area (Å²) >= 11 is 0. The number of hydrogen-bond acceptors (Lipinski definition) is 4. The van der Waals surface area contributed by atoms with Crippen molar-refractivity contribution >= 4 is 21.6 Å². The molecule has 0 aliphatic carbocycles. The number of rotatable bonds is 8. The van der Waals surface area contributed by atoms with Gasteiger partial charge in [-0.2, -0.15) is 0 Å². The van der Waals surface area contributed by atoms with Crippen molar-refractivity contribution in [1.29, 1.82) is 0 Å². The molecule has 0 unspecified atom stereocenters. The molecule has 0 aromatic heterocycles. The van der Waals surface area contributed by atoms with Crippen LogP contribution in [-0.2, 0) is 16.4 Å². The average Bonchev–Trinajstić information content (AvgIpc) is 2.64. The minimum Gasteiger partial charge on any atom is -0.497 e. The number of methoxy groups -OCH3 is 1. The molecule has 0 aliphatic heterocycles. The first-order chi connectivity index (χ1) is 12.3. The Morgan fingerprint density at radius 2 is 1.88 bits per heavy atom. The Kier molecular flexibility index (Phi) is 6.63. The van der Waals surface area contributed by atoms with Crippen molar-refractivity contribution in [3.63, 3.8) is 0 Å². The van der Waals surface area contributed by atoms with E-state index >= 15 is 0 Å². The van der Waals surface area contributed by atoms with Gasteiger partial charge < -0.3 is 10.1 Å². The Bertz CT molecular complexity index is 865. The smallest absolute Gasteiger partial charge is 0.251 e. The van der Waals surface area contributed by atoms with Crippen LogP contribution in [0.1, 0.15) is 22.3 Å². The molecule has 26 heavy (non-hydrogen) atoms. The molecule has 2 aromatic carbocycles. The van der Waals surface area contributed by atoms with Crippen LogP contribution in [0.3, 0.4) is 0 Å². The third kappa shape index (κ3) is 5.49. The number of carbonyl (C=O) groups is 1. The lowest BCUT2D eigenvalue weighted by Crippen LogP contribution is -2.27. The lowest BCUT2D eigenvalue weighted by atomic mass is 10.1. The van der Waals surface area contributed by atoms with Gasteiger partial charge in [-0.1, -0.05) is 18.2 Å². The van der Waals surface area contributed by atoms with E-state index in [1.54, 1.807) is 31.4 Å². The predicted octanol–water partition coefficient (Wildman–Crippen LogP) is 2.45. The van der Waals surface area contributed by atoms with Crippen LogP contribution in [0.25, 0.3) is 0 Å². The van der Waals surface area contributed by atoms with E-state index in [1.807, 2.05) is 24.3 Å². The fraction of sp³-hybridized carbons (Fsp3) is 0.316. The van der Waals surface area contributed by atoms with Gasteiger partial charge in [0.25, 0.3) is 5.91 Å². The van der Waals surface area contributed by atoms with Gasteiger partial charge >= 0.3 is 0 Å². The summed E-state index contributed by atoms with van der Waals surface area (Å²) in [6.45, 7) is 0.530.